The fourth-order valence-electron chi connectivity index (χ4n) is 3.88. The molecule has 1 aromatic carbocycles. The van der Waals surface area contributed by atoms with Crippen LogP contribution in [0.2, 0.25) is 0 Å². The van der Waals surface area contributed by atoms with Gasteiger partial charge in [-0.05, 0) is 66.4 Å². The summed E-state index contributed by atoms with van der Waals surface area (Å²) in [5.41, 5.74) is 2.53. The highest BCUT2D eigenvalue weighted by atomic mass is 32.2. The molecule has 1 saturated heterocycles. The van der Waals surface area contributed by atoms with E-state index in [0.29, 0.717) is 30.8 Å². The van der Waals surface area contributed by atoms with Crippen molar-refractivity contribution in [2.45, 2.75) is 29.5 Å². The van der Waals surface area contributed by atoms with Crippen LogP contribution in [0.3, 0.4) is 0 Å². The molecule has 1 N–H and O–H groups in total. The van der Waals surface area contributed by atoms with Crippen molar-refractivity contribution in [2.75, 3.05) is 20.2 Å². The molecule has 8 heteroatoms. The summed E-state index contributed by atoms with van der Waals surface area (Å²) in [5, 5.41) is 1.22. The van der Waals surface area contributed by atoms with Gasteiger partial charge in [-0.15, -0.1) is 0 Å². The van der Waals surface area contributed by atoms with E-state index in [1.165, 1.54) is 11.8 Å². The number of fused-ring (bicyclic) bond motifs is 1. The molecule has 152 valence electrons. The van der Waals surface area contributed by atoms with E-state index in [1.54, 1.807) is 24.1 Å². The number of carbonyl (C=O) groups excluding carboxylic acids is 1. The Morgan fingerprint density at radius 3 is 2.83 bits per heavy atom. The van der Waals surface area contributed by atoms with Crippen molar-refractivity contribution < 1.29 is 18.3 Å². The Labute approximate surface area is 171 Å². The number of methoxy groups -OCH3 is 1. The van der Waals surface area contributed by atoms with Gasteiger partial charge in [-0.1, -0.05) is 0 Å². The molecule has 0 radical (unpaired) electrons. The predicted molar refractivity (Wildman–Crippen MR) is 109 cm³/mol. The molecule has 0 saturated carbocycles. The van der Waals surface area contributed by atoms with E-state index in [9.17, 15) is 13.6 Å². The zero-order valence-corrected chi connectivity index (χ0v) is 16.7. The molecular weight excluding hydrogens is 396 g/mol. The summed E-state index contributed by atoms with van der Waals surface area (Å²) < 4.78 is 30.9. The van der Waals surface area contributed by atoms with Gasteiger partial charge in [-0.3, -0.25) is 4.79 Å². The zero-order valence-electron chi connectivity index (χ0n) is 15.9. The third-order valence-electron chi connectivity index (χ3n) is 5.35. The zero-order chi connectivity index (χ0) is 20.4. The summed E-state index contributed by atoms with van der Waals surface area (Å²) in [7, 11) is 1.65. The third-order valence-corrected chi connectivity index (χ3v) is 6.07. The highest BCUT2D eigenvalue weighted by molar-refractivity contribution is 7.99. The highest BCUT2D eigenvalue weighted by Crippen LogP contribution is 2.35. The average Bonchev–Trinajstić information content (AvgIpc) is 3.16. The van der Waals surface area contributed by atoms with E-state index >= 15 is 0 Å². The third kappa shape index (κ3) is 4.07. The first-order valence-corrected chi connectivity index (χ1v) is 10.3. The molecule has 4 rings (SSSR count). The van der Waals surface area contributed by atoms with Crippen LogP contribution in [0.1, 0.15) is 34.7 Å². The lowest BCUT2D eigenvalue weighted by Crippen LogP contribution is -2.38. The molecule has 0 unspecified atom stereocenters. The number of pyridine rings is 1. The molecule has 3 aromatic rings. The van der Waals surface area contributed by atoms with Crippen molar-refractivity contribution in [3.8, 4) is 5.75 Å². The Kier molecular flexibility index (Phi) is 5.71. The number of alkyl halides is 2. The highest BCUT2D eigenvalue weighted by Gasteiger charge is 2.28. The van der Waals surface area contributed by atoms with Gasteiger partial charge in [-0.2, -0.15) is 8.78 Å². The molecule has 1 aliphatic rings. The van der Waals surface area contributed by atoms with E-state index in [2.05, 4.69) is 9.97 Å². The number of hydrogen-bond donors (Lipinski definition) is 1. The molecule has 0 spiro atoms. The van der Waals surface area contributed by atoms with Crippen molar-refractivity contribution in [2.24, 2.45) is 0 Å². The summed E-state index contributed by atoms with van der Waals surface area (Å²) in [4.78, 5) is 21.9. The number of hydrogen-bond acceptors (Lipinski definition) is 4. The summed E-state index contributed by atoms with van der Waals surface area (Å²) in [6.07, 6.45) is 5.09. The first kappa shape index (κ1) is 19.7. The molecule has 29 heavy (non-hydrogen) atoms. The van der Waals surface area contributed by atoms with E-state index in [4.69, 9.17) is 4.74 Å². The largest absolute Gasteiger partial charge is 0.497 e. The number of nitrogens with zero attached hydrogens (tertiary/aromatic N) is 2. The quantitative estimate of drug-likeness (QED) is 0.600. The van der Waals surface area contributed by atoms with Gasteiger partial charge >= 0.3 is 0 Å². The number of rotatable bonds is 5. The fraction of sp³-hybridized carbons (Fsp3) is 0.333. The Morgan fingerprint density at radius 1 is 1.31 bits per heavy atom. The topological polar surface area (TPSA) is 58.2 Å². The maximum Gasteiger partial charge on any atom is 0.290 e. The lowest BCUT2D eigenvalue weighted by Gasteiger charge is -2.32. The van der Waals surface area contributed by atoms with Crippen molar-refractivity contribution in [1.29, 1.82) is 0 Å². The minimum absolute atomic E-state index is 0.0818. The molecule has 1 amide bonds. The lowest BCUT2D eigenvalue weighted by molar-refractivity contribution is 0.0709. The normalized spacial score (nSPS) is 15.2. The number of nitrogens with one attached hydrogen (secondary N) is 1. The van der Waals surface area contributed by atoms with Gasteiger partial charge in [0.25, 0.3) is 11.7 Å². The number of likely N-dealkylation sites (tertiary alicyclic amines) is 1. The van der Waals surface area contributed by atoms with Crippen molar-refractivity contribution in [3.05, 3.63) is 53.9 Å². The number of amides is 1. The standard InChI is InChI=1S/C21H21F2N3O2S/c1-28-14-4-5-18-16(11-14)17(12-25-18)13-6-9-26(10-7-13)20(27)15-3-2-8-24-19(15)29-21(22)23/h2-5,8,11-13,21,25H,6-7,9-10H2,1H3. The maximum absolute atomic E-state index is 12.9. The van der Waals surface area contributed by atoms with Crippen LogP contribution in [0.5, 0.6) is 5.75 Å². The van der Waals surface area contributed by atoms with Crippen LogP contribution in [0, 0.1) is 0 Å². The van der Waals surface area contributed by atoms with Crippen LogP contribution in [-0.2, 0) is 0 Å². The van der Waals surface area contributed by atoms with Crippen LogP contribution < -0.4 is 4.74 Å². The SMILES string of the molecule is COc1ccc2[nH]cc(C3CCN(C(=O)c4cccnc4SC(F)F)CC3)c2c1. The van der Waals surface area contributed by atoms with E-state index < -0.39 is 5.76 Å². The Balaban J connectivity index is 1.48. The average molecular weight is 417 g/mol. The first-order chi connectivity index (χ1) is 14.1. The predicted octanol–water partition coefficient (Wildman–Crippen LogP) is 4.91. The number of piperidine rings is 1. The van der Waals surface area contributed by atoms with Gasteiger partial charge in [0.15, 0.2) is 0 Å². The van der Waals surface area contributed by atoms with E-state index in [0.717, 1.165) is 29.5 Å². The molecule has 1 aliphatic heterocycles. The van der Waals surface area contributed by atoms with Crippen LogP contribution in [0.4, 0.5) is 8.78 Å². The molecule has 1 fully saturated rings. The molecule has 0 bridgehead atoms. The minimum atomic E-state index is -2.61. The number of aromatic amines is 1. The van der Waals surface area contributed by atoms with Crippen LogP contribution in [0.15, 0.2) is 47.8 Å². The second-order valence-corrected chi connectivity index (χ2v) is 7.94. The number of aromatic nitrogens is 2. The van der Waals surface area contributed by atoms with E-state index in [-0.39, 0.29) is 16.5 Å². The van der Waals surface area contributed by atoms with Gasteiger partial charge in [0.1, 0.15) is 10.8 Å². The monoisotopic (exact) mass is 417 g/mol. The summed E-state index contributed by atoms with van der Waals surface area (Å²) in [6, 6.07) is 9.13. The van der Waals surface area contributed by atoms with Crippen molar-refractivity contribution >= 4 is 28.6 Å². The molecule has 0 aliphatic carbocycles. The second-order valence-electron chi connectivity index (χ2n) is 6.96. The van der Waals surface area contributed by atoms with E-state index in [1.807, 2.05) is 24.4 Å². The summed E-state index contributed by atoms with van der Waals surface area (Å²) in [5.74, 6) is -1.71. The molecular formula is C21H21F2N3O2S. The van der Waals surface area contributed by atoms with Gasteiger partial charge in [0.2, 0.25) is 0 Å². The van der Waals surface area contributed by atoms with Gasteiger partial charge in [0.05, 0.1) is 12.7 Å². The number of carbonyl (C=O) groups is 1. The smallest absolute Gasteiger partial charge is 0.290 e. The Hall–Kier alpha value is -2.61. The van der Waals surface area contributed by atoms with Crippen molar-refractivity contribution in [1.82, 2.24) is 14.9 Å². The number of ether oxygens (including phenoxy) is 1. The van der Waals surface area contributed by atoms with Crippen molar-refractivity contribution in [3.63, 3.8) is 0 Å². The number of thioether (sulfide) groups is 1. The Bertz CT molecular complexity index is 1020. The number of H-pyrrole nitrogens is 1. The lowest BCUT2D eigenvalue weighted by atomic mass is 9.89. The molecule has 5 nitrogen and oxygen atoms in total. The van der Waals surface area contributed by atoms with Gasteiger partial charge in [-0.25, -0.2) is 4.98 Å². The molecule has 3 heterocycles. The first-order valence-electron chi connectivity index (χ1n) is 9.41. The van der Waals surface area contributed by atoms with Crippen LogP contribution in [-0.4, -0.2) is 46.7 Å². The van der Waals surface area contributed by atoms with Crippen LogP contribution >= 0.6 is 11.8 Å². The number of benzene rings is 1. The van der Waals surface area contributed by atoms with Crippen LogP contribution in [0.25, 0.3) is 10.9 Å². The second kappa shape index (κ2) is 8.41. The number of halogens is 2. The minimum Gasteiger partial charge on any atom is -0.497 e. The summed E-state index contributed by atoms with van der Waals surface area (Å²) in [6.45, 7) is 1.15. The maximum atomic E-state index is 12.9. The molecule has 2 aromatic heterocycles. The fourth-order valence-corrected chi connectivity index (χ4v) is 4.45. The van der Waals surface area contributed by atoms with Gasteiger partial charge < -0.3 is 14.6 Å². The van der Waals surface area contributed by atoms with Gasteiger partial charge in [0, 0.05) is 36.4 Å². The molecule has 0 atom stereocenters. The summed E-state index contributed by atoms with van der Waals surface area (Å²) >= 11 is 0.313. The Morgan fingerprint density at radius 2 is 2.10 bits per heavy atom.